The number of unbranched alkanes of at least 4 members (excludes halogenated alkanes) is 19. The number of allylic oxidation sites excluding steroid dienone is 2. The first-order valence-electron chi connectivity index (χ1n) is 15.0. The van der Waals surface area contributed by atoms with Gasteiger partial charge in [-0.15, -0.1) is 0 Å². The Morgan fingerprint density at radius 1 is 0.438 bits per heavy atom. The van der Waals surface area contributed by atoms with Crippen LogP contribution >= 0.6 is 0 Å². The standard InChI is InChI=1S/C31H63N/c1-5-7-9-11-13-14-15-16-17-18-19-20-21-22-24-26-28-30-31(32(3)4)29-27-25-23-12-10-8-6-2/h16-17,31H,5-15,18-30H2,1-4H3. The summed E-state index contributed by atoms with van der Waals surface area (Å²) in [4.78, 5) is 2.48. The maximum atomic E-state index is 2.48. The second-order valence-corrected chi connectivity index (χ2v) is 10.6. The van der Waals surface area contributed by atoms with Crippen molar-refractivity contribution >= 4 is 0 Å². The molecule has 0 aliphatic rings. The van der Waals surface area contributed by atoms with Gasteiger partial charge in [-0.1, -0.05) is 142 Å². The highest BCUT2D eigenvalue weighted by Crippen LogP contribution is 2.17. The van der Waals surface area contributed by atoms with Gasteiger partial charge in [0.25, 0.3) is 0 Å². The van der Waals surface area contributed by atoms with Crippen molar-refractivity contribution < 1.29 is 0 Å². The van der Waals surface area contributed by atoms with Crippen LogP contribution in [0.15, 0.2) is 12.2 Å². The molecular formula is C31H63N. The molecule has 0 aliphatic carbocycles. The summed E-state index contributed by atoms with van der Waals surface area (Å²) < 4.78 is 0. The molecule has 1 heteroatoms. The maximum Gasteiger partial charge on any atom is 0.00891 e. The normalized spacial score (nSPS) is 12.9. The molecule has 0 N–H and O–H groups in total. The predicted molar refractivity (Wildman–Crippen MR) is 149 cm³/mol. The Morgan fingerprint density at radius 3 is 1.09 bits per heavy atom. The second-order valence-electron chi connectivity index (χ2n) is 10.6. The number of hydrogen-bond donors (Lipinski definition) is 0. The maximum absolute atomic E-state index is 2.48. The third-order valence-corrected chi connectivity index (χ3v) is 7.17. The summed E-state index contributed by atoms with van der Waals surface area (Å²) >= 11 is 0. The lowest BCUT2D eigenvalue weighted by Crippen LogP contribution is -2.27. The first-order chi connectivity index (χ1) is 15.7. The van der Waals surface area contributed by atoms with Crippen molar-refractivity contribution in [3.8, 4) is 0 Å². The Hall–Kier alpha value is -0.300. The lowest BCUT2D eigenvalue weighted by molar-refractivity contribution is 0.251. The Bertz CT molecular complexity index is 359. The number of rotatable bonds is 26. The lowest BCUT2D eigenvalue weighted by Gasteiger charge is -2.24. The highest BCUT2D eigenvalue weighted by molar-refractivity contribution is 4.81. The van der Waals surface area contributed by atoms with E-state index in [1.165, 1.54) is 154 Å². The van der Waals surface area contributed by atoms with Gasteiger partial charge in [0.15, 0.2) is 0 Å². The molecule has 0 saturated carbocycles. The Morgan fingerprint density at radius 2 is 0.750 bits per heavy atom. The monoisotopic (exact) mass is 449 g/mol. The molecule has 0 amide bonds. The molecule has 192 valence electrons. The highest BCUT2D eigenvalue weighted by Gasteiger charge is 2.10. The van der Waals surface area contributed by atoms with E-state index >= 15 is 0 Å². The molecule has 0 rings (SSSR count). The number of hydrogen-bond acceptors (Lipinski definition) is 1. The molecule has 0 heterocycles. The largest absolute Gasteiger partial charge is 0.306 e. The molecule has 0 fully saturated rings. The summed E-state index contributed by atoms with van der Waals surface area (Å²) in [6.45, 7) is 4.60. The minimum Gasteiger partial charge on any atom is -0.306 e. The first-order valence-corrected chi connectivity index (χ1v) is 15.0. The third kappa shape index (κ3) is 24.3. The average molecular weight is 450 g/mol. The Kier molecular flexibility index (Phi) is 26.7. The van der Waals surface area contributed by atoms with Gasteiger partial charge in [-0.3, -0.25) is 0 Å². The van der Waals surface area contributed by atoms with Crippen LogP contribution in [0.2, 0.25) is 0 Å². The van der Waals surface area contributed by atoms with Crippen LogP contribution in [-0.4, -0.2) is 25.0 Å². The molecule has 0 radical (unpaired) electrons. The Labute approximate surface area is 205 Å². The van der Waals surface area contributed by atoms with E-state index in [9.17, 15) is 0 Å². The zero-order valence-corrected chi connectivity index (χ0v) is 23.1. The Balaban J connectivity index is 3.41. The van der Waals surface area contributed by atoms with Crippen molar-refractivity contribution in [1.82, 2.24) is 4.90 Å². The molecule has 0 aliphatic heterocycles. The van der Waals surface area contributed by atoms with E-state index in [-0.39, 0.29) is 0 Å². The van der Waals surface area contributed by atoms with Gasteiger partial charge in [0, 0.05) is 6.04 Å². The van der Waals surface area contributed by atoms with Crippen molar-refractivity contribution in [1.29, 1.82) is 0 Å². The van der Waals surface area contributed by atoms with Crippen LogP contribution in [0.1, 0.15) is 168 Å². The average Bonchev–Trinajstić information content (AvgIpc) is 2.78. The van der Waals surface area contributed by atoms with Crippen molar-refractivity contribution in [3.63, 3.8) is 0 Å². The summed E-state index contributed by atoms with van der Waals surface area (Å²) in [5.41, 5.74) is 0. The van der Waals surface area contributed by atoms with E-state index in [1.807, 2.05) is 0 Å². The summed E-state index contributed by atoms with van der Waals surface area (Å²) in [5, 5.41) is 0. The minimum atomic E-state index is 0.814. The summed E-state index contributed by atoms with van der Waals surface area (Å²) in [5.74, 6) is 0. The van der Waals surface area contributed by atoms with Gasteiger partial charge >= 0.3 is 0 Å². The molecule has 0 aromatic rings. The minimum absolute atomic E-state index is 0.814. The van der Waals surface area contributed by atoms with Crippen LogP contribution in [0, 0.1) is 0 Å². The molecule has 0 aromatic heterocycles. The van der Waals surface area contributed by atoms with E-state index in [0.29, 0.717) is 0 Å². The van der Waals surface area contributed by atoms with Crippen LogP contribution in [0.25, 0.3) is 0 Å². The van der Waals surface area contributed by atoms with Crippen LogP contribution in [0.5, 0.6) is 0 Å². The van der Waals surface area contributed by atoms with E-state index in [0.717, 1.165) is 6.04 Å². The van der Waals surface area contributed by atoms with Crippen molar-refractivity contribution in [2.24, 2.45) is 0 Å². The van der Waals surface area contributed by atoms with Gasteiger partial charge in [0.1, 0.15) is 0 Å². The van der Waals surface area contributed by atoms with Crippen LogP contribution in [0.4, 0.5) is 0 Å². The predicted octanol–water partition coefficient (Wildman–Crippen LogP) is 10.9. The van der Waals surface area contributed by atoms with Gasteiger partial charge in [-0.25, -0.2) is 0 Å². The SMILES string of the molecule is CCCCCCCCC=CCCCCCCCCCC(CCCCCCCCC)N(C)C. The van der Waals surface area contributed by atoms with E-state index in [2.05, 4.69) is 45.0 Å². The molecule has 0 spiro atoms. The first kappa shape index (κ1) is 31.7. The van der Waals surface area contributed by atoms with Crippen molar-refractivity contribution in [3.05, 3.63) is 12.2 Å². The van der Waals surface area contributed by atoms with Crippen LogP contribution in [-0.2, 0) is 0 Å². The smallest absolute Gasteiger partial charge is 0.00891 e. The fourth-order valence-electron chi connectivity index (χ4n) is 4.80. The van der Waals surface area contributed by atoms with Crippen molar-refractivity contribution in [2.75, 3.05) is 14.1 Å². The molecular weight excluding hydrogens is 386 g/mol. The topological polar surface area (TPSA) is 3.24 Å². The molecule has 0 saturated heterocycles. The lowest BCUT2D eigenvalue weighted by atomic mass is 9.99. The fourth-order valence-corrected chi connectivity index (χ4v) is 4.80. The zero-order valence-electron chi connectivity index (χ0n) is 23.1. The summed E-state index contributed by atoms with van der Waals surface area (Å²) in [7, 11) is 4.57. The zero-order chi connectivity index (χ0) is 23.5. The molecule has 1 atom stereocenters. The van der Waals surface area contributed by atoms with Crippen LogP contribution < -0.4 is 0 Å². The fraction of sp³-hybridized carbons (Fsp3) is 0.935. The van der Waals surface area contributed by atoms with E-state index in [4.69, 9.17) is 0 Å². The van der Waals surface area contributed by atoms with Gasteiger partial charge in [-0.2, -0.15) is 0 Å². The molecule has 1 unspecified atom stereocenters. The van der Waals surface area contributed by atoms with E-state index in [1.54, 1.807) is 0 Å². The molecule has 0 aromatic carbocycles. The van der Waals surface area contributed by atoms with E-state index < -0.39 is 0 Å². The molecule has 32 heavy (non-hydrogen) atoms. The number of nitrogens with zero attached hydrogens (tertiary/aromatic N) is 1. The highest BCUT2D eigenvalue weighted by atomic mass is 15.1. The van der Waals surface area contributed by atoms with Crippen LogP contribution in [0.3, 0.4) is 0 Å². The quantitative estimate of drug-likeness (QED) is 0.0937. The van der Waals surface area contributed by atoms with Gasteiger partial charge in [0.2, 0.25) is 0 Å². The summed E-state index contributed by atoms with van der Waals surface area (Å²) in [6, 6.07) is 0.814. The van der Waals surface area contributed by atoms with Gasteiger partial charge in [0.05, 0.1) is 0 Å². The van der Waals surface area contributed by atoms with Crippen molar-refractivity contribution in [2.45, 2.75) is 174 Å². The second kappa shape index (κ2) is 26.9. The van der Waals surface area contributed by atoms with Gasteiger partial charge < -0.3 is 4.90 Å². The summed E-state index contributed by atoms with van der Waals surface area (Å²) in [6.07, 6.45) is 38.9. The molecule has 1 nitrogen and oxygen atoms in total. The van der Waals surface area contributed by atoms with Gasteiger partial charge in [-0.05, 0) is 52.6 Å². The third-order valence-electron chi connectivity index (χ3n) is 7.17. The molecule has 0 bridgehead atoms.